The van der Waals surface area contributed by atoms with E-state index in [0.29, 0.717) is 6.54 Å². The number of fused-ring (bicyclic) bond motifs is 2. The lowest BCUT2D eigenvalue weighted by Gasteiger charge is -2.10. The first-order valence-corrected chi connectivity index (χ1v) is 6.01. The number of hydrogen-bond acceptors (Lipinski definition) is 1. The smallest absolute Gasteiger partial charge is 0.251 e. The fourth-order valence-electron chi connectivity index (χ4n) is 2.57. The lowest BCUT2D eigenvalue weighted by molar-refractivity contribution is 0.716. The van der Waals surface area contributed by atoms with Crippen LogP contribution in [0.15, 0.2) is 41.2 Å². The summed E-state index contributed by atoms with van der Waals surface area (Å²) in [5.74, 6) is 0. The summed E-state index contributed by atoms with van der Waals surface area (Å²) < 4.78 is 1.90. The van der Waals surface area contributed by atoms with Gasteiger partial charge in [-0.2, -0.15) is 0 Å². The largest absolute Gasteiger partial charge is 0.308 e. The summed E-state index contributed by atoms with van der Waals surface area (Å²) in [6.45, 7) is 2.70. The van der Waals surface area contributed by atoms with Crippen LogP contribution in [0.5, 0.6) is 0 Å². The number of aryl methyl sites for hydroxylation is 3. The van der Waals surface area contributed by atoms with Crippen molar-refractivity contribution in [1.82, 2.24) is 4.57 Å². The lowest BCUT2D eigenvalue weighted by atomic mass is 10.0. The molecule has 1 aromatic heterocycles. The van der Waals surface area contributed by atoms with E-state index < -0.39 is 0 Å². The van der Waals surface area contributed by atoms with Crippen LogP contribution >= 0.6 is 0 Å². The third-order valence-corrected chi connectivity index (χ3v) is 3.46. The van der Waals surface area contributed by atoms with E-state index in [4.69, 9.17) is 0 Å². The second-order valence-electron chi connectivity index (χ2n) is 4.72. The highest BCUT2D eigenvalue weighted by Gasteiger charge is 2.13. The molecule has 0 bridgehead atoms. The summed E-state index contributed by atoms with van der Waals surface area (Å²) >= 11 is 0. The molecule has 2 heteroatoms. The molecule has 1 aliphatic rings. The van der Waals surface area contributed by atoms with Crippen LogP contribution in [0.4, 0.5) is 0 Å². The number of nitrogens with zero attached hydrogens (tertiary/aromatic N) is 1. The third-order valence-electron chi connectivity index (χ3n) is 3.46. The molecule has 17 heavy (non-hydrogen) atoms. The molecule has 0 fully saturated rings. The van der Waals surface area contributed by atoms with Crippen LogP contribution in [-0.2, 0) is 19.4 Å². The van der Waals surface area contributed by atoms with Gasteiger partial charge in [-0.1, -0.05) is 24.3 Å². The van der Waals surface area contributed by atoms with E-state index in [1.165, 1.54) is 11.1 Å². The summed E-state index contributed by atoms with van der Waals surface area (Å²) in [5.41, 5.74) is 4.99. The van der Waals surface area contributed by atoms with E-state index in [0.717, 1.165) is 24.1 Å². The molecular weight excluding hydrogens is 210 g/mol. The SMILES string of the molecule is Cc1cc2n(c(=O)c1)Cc1ccccc1CC2. The molecule has 0 N–H and O–H groups in total. The molecule has 3 rings (SSSR count). The molecule has 1 aromatic carbocycles. The van der Waals surface area contributed by atoms with Crippen LogP contribution in [0.3, 0.4) is 0 Å². The molecule has 2 aromatic rings. The number of pyridine rings is 1. The van der Waals surface area contributed by atoms with Crippen LogP contribution in [-0.4, -0.2) is 4.57 Å². The number of hydrogen-bond donors (Lipinski definition) is 0. The van der Waals surface area contributed by atoms with Gasteiger partial charge in [-0.05, 0) is 42.5 Å². The Hall–Kier alpha value is -1.83. The number of rotatable bonds is 0. The summed E-state index contributed by atoms with van der Waals surface area (Å²) in [7, 11) is 0. The molecule has 2 nitrogen and oxygen atoms in total. The van der Waals surface area contributed by atoms with Crippen LogP contribution in [0.2, 0.25) is 0 Å². The van der Waals surface area contributed by atoms with Crippen molar-refractivity contribution in [3.63, 3.8) is 0 Å². The molecule has 0 unspecified atom stereocenters. The molecule has 1 aliphatic heterocycles. The Morgan fingerprint density at radius 3 is 2.65 bits per heavy atom. The molecule has 0 saturated carbocycles. The van der Waals surface area contributed by atoms with Gasteiger partial charge in [0.1, 0.15) is 0 Å². The van der Waals surface area contributed by atoms with Crippen LogP contribution < -0.4 is 5.56 Å². The first kappa shape index (κ1) is 10.3. The van der Waals surface area contributed by atoms with Gasteiger partial charge in [0, 0.05) is 11.8 Å². The van der Waals surface area contributed by atoms with E-state index >= 15 is 0 Å². The average Bonchev–Trinajstić information content (AvgIpc) is 2.49. The molecule has 0 radical (unpaired) electrons. The zero-order valence-electron chi connectivity index (χ0n) is 9.94. The maximum absolute atomic E-state index is 12.0. The predicted octanol–water partition coefficient (Wildman–Crippen LogP) is 2.30. The van der Waals surface area contributed by atoms with Gasteiger partial charge in [0.2, 0.25) is 0 Å². The summed E-state index contributed by atoms with van der Waals surface area (Å²) in [6.07, 6.45) is 1.98. The number of aromatic nitrogens is 1. The highest BCUT2D eigenvalue weighted by atomic mass is 16.1. The quantitative estimate of drug-likeness (QED) is 0.674. The van der Waals surface area contributed by atoms with E-state index in [1.807, 2.05) is 17.6 Å². The van der Waals surface area contributed by atoms with E-state index in [1.54, 1.807) is 6.07 Å². The van der Waals surface area contributed by atoms with Gasteiger partial charge in [0.25, 0.3) is 5.56 Å². The van der Waals surface area contributed by atoms with Crippen molar-refractivity contribution >= 4 is 0 Å². The van der Waals surface area contributed by atoms with Crippen molar-refractivity contribution < 1.29 is 0 Å². The topological polar surface area (TPSA) is 22.0 Å². The van der Waals surface area contributed by atoms with E-state index in [2.05, 4.69) is 24.3 Å². The minimum absolute atomic E-state index is 0.122. The Kier molecular flexibility index (Phi) is 2.36. The summed E-state index contributed by atoms with van der Waals surface area (Å²) in [5, 5.41) is 0. The molecule has 0 aliphatic carbocycles. The lowest BCUT2D eigenvalue weighted by Crippen LogP contribution is -2.22. The molecule has 0 amide bonds. The van der Waals surface area contributed by atoms with Gasteiger partial charge in [-0.3, -0.25) is 4.79 Å². The van der Waals surface area contributed by atoms with Crippen LogP contribution in [0.25, 0.3) is 0 Å². The van der Waals surface area contributed by atoms with Crippen molar-refractivity contribution in [3.8, 4) is 0 Å². The van der Waals surface area contributed by atoms with Gasteiger partial charge in [-0.25, -0.2) is 0 Å². The molecule has 0 saturated heterocycles. The Balaban J connectivity index is 2.17. The predicted molar refractivity (Wildman–Crippen MR) is 68.4 cm³/mol. The summed E-state index contributed by atoms with van der Waals surface area (Å²) in [4.78, 5) is 12.0. The van der Waals surface area contributed by atoms with Gasteiger partial charge in [0.15, 0.2) is 0 Å². The zero-order chi connectivity index (χ0) is 11.8. The zero-order valence-corrected chi connectivity index (χ0v) is 9.94. The van der Waals surface area contributed by atoms with Crippen molar-refractivity contribution in [2.75, 3.05) is 0 Å². The molecule has 0 atom stereocenters. The Morgan fingerprint density at radius 2 is 1.82 bits per heavy atom. The fraction of sp³-hybridized carbons (Fsp3) is 0.267. The van der Waals surface area contributed by atoms with E-state index in [9.17, 15) is 4.79 Å². The van der Waals surface area contributed by atoms with Crippen LogP contribution in [0, 0.1) is 6.92 Å². The molecule has 86 valence electrons. The highest BCUT2D eigenvalue weighted by molar-refractivity contribution is 5.31. The summed E-state index contributed by atoms with van der Waals surface area (Å²) in [6, 6.07) is 12.3. The van der Waals surface area contributed by atoms with Crippen molar-refractivity contribution in [3.05, 3.63) is 69.1 Å². The van der Waals surface area contributed by atoms with Crippen molar-refractivity contribution in [2.45, 2.75) is 26.3 Å². The average molecular weight is 225 g/mol. The molecule has 0 spiro atoms. The second-order valence-corrected chi connectivity index (χ2v) is 4.72. The van der Waals surface area contributed by atoms with Gasteiger partial charge in [0.05, 0.1) is 6.54 Å². The second kappa shape index (κ2) is 3.88. The van der Waals surface area contributed by atoms with E-state index in [-0.39, 0.29) is 5.56 Å². The maximum Gasteiger partial charge on any atom is 0.251 e. The Labute approximate surface area is 101 Å². The van der Waals surface area contributed by atoms with Gasteiger partial charge in [-0.15, -0.1) is 0 Å². The third kappa shape index (κ3) is 1.80. The Bertz CT molecular complexity index is 625. The van der Waals surface area contributed by atoms with Gasteiger partial charge >= 0.3 is 0 Å². The fourth-order valence-corrected chi connectivity index (χ4v) is 2.57. The monoisotopic (exact) mass is 225 g/mol. The first-order chi connectivity index (χ1) is 8.24. The molecule has 2 heterocycles. The highest BCUT2D eigenvalue weighted by Crippen LogP contribution is 2.18. The first-order valence-electron chi connectivity index (χ1n) is 6.01. The maximum atomic E-state index is 12.0. The van der Waals surface area contributed by atoms with Crippen LogP contribution in [0.1, 0.15) is 22.4 Å². The van der Waals surface area contributed by atoms with Gasteiger partial charge < -0.3 is 4.57 Å². The minimum Gasteiger partial charge on any atom is -0.308 e. The minimum atomic E-state index is 0.122. The number of benzene rings is 1. The standard InChI is InChI=1S/C15H15NO/c1-11-8-14-7-6-12-4-2-3-5-13(12)10-16(14)15(17)9-11/h2-5,8-9H,6-7,10H2,1H3. The Morgan fingerprint density at radius 1 is 1.06 bits per heavy atom. The normalized spacial score (nSPS) is 13.7. The molecular formula is C15H15NO. The van der Waals surface area contributed by atoms with Crippen molar-refractivity contribution in [2.24, 2.45) is 0 Å². The van der Waals surface area contributed by atoms with Crippen molar-refractivity contribution in [1.29, 1.82) is 0 Å².